The number of aryl methyl sites for hydroxylation is 2. The first-order chi connectivity index (χ1) is 14.6. The summed E-state index contributed by atoms with van der Waals surface area (Å²) in [6, 6.07) is 10.7. The minimum absolute atomic E-state index is 0.0232. The molecule has 1 aliphatic rings. The van der Waals surface area contributed by atoms with E-state index >= 15 is 0 Å². The molecule has 0 radical (unpaired) electrons. The van der Waals surface area contributed by atoms with Gasteiger partial charge in [0.25, 0.3) is 5.91 Å². The lowest BCUT2D eigenvalue weighted by molar-refractivity contribution is -0.119. The SMILES string of the molecule is Cc1ccc(NC(=O)C2CSCN2C(=O)c2cccc(S(=O)(=O)NC(C)C)c2)cc1C. The average Bonchev–Trinajstić information content (AvgIpc) is 3.19. The van der Waals surface area contributed by atoms with Crippen molar-refractivity contribution in [3.05, 3.63) is 59.2 Å². The molecule has 1 atom stereocenters. The molecule has 0 aliphatic carbocycles. The summed E-state index contributed by atoms with van der Waals surface area (Å²) in [5.74, 6) is 0.221. The summed E-state index contributed by atoms with van der Waals surface area (Å²) in [7, 11) is -3.72. The molecule has 0 spiro atoms. The van der Waals surface area contributed by atoms with E-state index in [1.165, 1.54) is 34.9 Å². The highest BCUT2D eigenvalue weighted by atomic mass is 32.2. The molecule has 7 nitrogen and oxygen atoms in total. The predicted molar refractivity (Wildman–Crippen MR) is 124 cm³/mol. The second kappa shape index (κ2) is 9.42. The van der Waals surface area contributed by atoms with E-state index in [2.05, 4.69) is 10.0 Å². The Morgan fingerprint density at radius 1 is 1.10 bits per heavy atom. The lowest BCUT2D eigenvalue weighted by atomic mass is 10.1. The highest BCUT2D eigenvalue weighted by Crippen LogP contribution is 2.25. The number of thioether (sulfide) groups is 1. The molecule has 0 saturated carbocycles. The quantitative estimate of drug-likeness (QED) is 0.689. The highest BCUT2D eigenvalue weighted by molar-refractivity contribution is 7.99. The van der Waals surface area contributed by atoms with Crippen molar-refractivity contribution in [3.8, 4) is 0 Å². The molecular formula is C22H27N3O4S2. The highest BCUT2D eigenvalue weighted by Gasteiger charge is 2.35. The van der Waals surface area contributed by atoms with Gasteiger partial charge >= 0.3 is 0 Å². The van der Waals surface area contributed by atoms with Gasteiger partial charge in [0.05, 0.1) is 10.8 Å². The van der Waals surface area contributed by atoms with Crippen molar-refractivity contribution in [3.63, 3.8) is 0 Å². The number of hydrogen-bond acceptors (Lipinski definition) is 5. The van der Waals surface area contributed by atoms with Crippen LogP contribution in [0, 0.1) is 13.8 Å². The number of amides is 2. The average molecular weight is 462 g/mol. The number of carbonyl (C=O) groups is 2. The zero-order valence-corrected chi connectivity index (χ0v) is 19.6. The first-order valence-corrected chi connectivity index (χ1v) is 12.6. The van der Waals surface area contributed by atoms with Crippen molar-refractivity contribution in [1.29, 1.82) is 0 Å². The van der Waals surface area contributed by atoms with Crippen molar-refractivity contribution in [2.75, 3.05) is 16.9 Å². The predicted octanol–water partition coefficient (Wildman–Crippen LogP) is 3.14. The molecule has 1 unspecified atom stereocenters. The third-order valence-corrected chi connectivity index (χ3v) is 7.67. The van der Waals surface area contributed by atoms with Crippen LogP contribution in [0.4, 0.5) is 5.69 Å². The number of sulfonamides is 1. The summed E-state index contributed by atoms with van der Waals surface area (Å²) in [5, 5.41) is 2.89. The van der Waals surface area contributed by atoms with Crippen LogP contribution in [0.3, 0.4) is 0 Å². The Bertz CT molecular complexity index is 1100. The van der Waals surface area contributed by atoms with Gasteiger partial charge < -0.3 is 10.2 Å². The summed E-state index contributed by atoms with van der Waals surface area (Å²) >= 11 is 1.49. The number of benzene rings is 2. The third-order valence-electron chi connectivity index (χ3n) is 5.00. The van der Waals surface area contributed by atoms with Crippen molar-refractivity contribution < 1.29 is 18.0 Å². The Hall–Kier alpha value is -2.36. The molecule has 2 aromatic rings. The van der Waals surface area contributed by atoms with Crippen LogP contribution in [0.15, 0.2) is 47.4 Å². The molecule has 166 valence electrons. The fraction of sp³-hybridized carbons (Fsp3) is 0.364. The second-order valence-corrected chi connectivity index (χ2v) is 10.6. The molecule has 0 aromatic heterocycles. The molecule has 0 bridgehead atoms. The molecule has 1 fully saturated rings. The van der Waals surface area contributed by atoms with Crippen LogP contribution in [-0.4, -0.2) is 48.8 Å². The second-order valence-electron chi connectivity index (χ2n) is 7.88. The van der Waals surface area contributed by atoms with Gasteiger partial charge in [0.1, 0.15) is 6.04 Å². The summed E-state index contributed by atoms with van der Waals surface area (Å²) in [6.07, 6.45) is 0. The largest absolute Gasteiger partial charge is 0.324 e. The van der Waals surface area contributed by atoms with E-state index in [1.807, 2.05) is 32.0 Å². The van der Waals surface area contributed by atoms with E-state index in [9.17, 15) is 18.0 Å². The number of nitrogens with zero attached hydrogens (tertiary/aromatic N) is 1. The molecule has 2 amide bonds. The molecule has 1 heterocycles. The van der Waals surface area contributed by atoms with Crippen molar-refractivity contribution in [2.24, 2.45) is 0 Å². The first-order valence-electron chi connectivity index (χ1n) is 9.97. The van der Waals surface area contributed by atoms with Gasteiger partial charge in [-0.05, 0) is 69.2 Å². The Labute approximate surface area is 187 Å². The molecule has 2 N–H and O–H groups in total. The number of nitrogens with one attached hydrogen (secondary N) is 2. The van der Waals surface area contributed by atoms with Gasteiger partial charge in [0.15, 0.2) is 0 Å². The van der Waals surface area contributed by atoms with Gasteiger partial charge in [-0.3, -0.25) is 9.59 Å². The van der Waals surface area contributed by atoms with Crippen molar-refractivity contribution in [2.45, 2.75) is 44.7 Å². The zero-order chi connectivity index (χ0) is 22.8. The lowest BCUT2D eigenvalue weighted by Crippen LogP contribution is -2.44. The van der Waals surface area contributed by atoms with Crippen molar-refractivity contribution >= 4 is 39.3 Å². The minimum Gasteiger partial charge on any atom is -0.324 e. The van der Waals surface area contributed by atoms with Gasteiger partial charge in [-0.1, -0.05) is 12.1 Å². The van der Waals surface area contributed by atoms with Crippen LogP contribution in [-0.2, 0) is 14.8 Å². The molecule has 3 rings (SSSR count). The van der Waals surface area contributed by atoms with Crippen LogP contribution < -0.4 is 10.0 Å². The smallest absolute Gasteiger partial charge is 0.255 e. The maximum absolute atomic E-state index is 13.1. The Kier molecular flexibility index (Phi) is 7.08. The van der Waals surface area contributed by atoms with Crippen LogP contribution in [0.1, 0.15) is 35.3 Å². The molecule has 9 heteroatoms. The third kappa shape index (κ3) is 5.47. The molecular weight excluding hydrogens is 434 g/mol. The number of anilines is 1. The van der Waals surface area contributed by atoms with E-state index in [0.29, 0.717) is 17.3 Å². The van der Waals surface area contributed by atoms with Crippen LogP contribution in [0.2, 0.25) is 0 Å². The minimum atomic E-state index is -3.72. The summed E-state index contributed by atoms with van der Waals surface area (Å²) in [4.78, 5) is 27.5. The maximum Gasteiger partial charge on any atom is 0.255 e. The van der Waals surface area contributed by atoms with E-state index in [4.69, 9.17) is 0 Å². The van der Waals surface area contributed by atoms with Crippen LogP contribution >= 0.6 is 11.8 Å². The van der Waals surface area contributed by atoms with E-state index in [-0.39, 0.29) is 28.3 Å². The number of carbonyl (C=O) groups excluding carboxylic acids is 2. The normalized spacial score (nSPS) is 16.5. The zero-order valence-electron chi connectivity index (χ0n) is 18.0. The molecule has 1 aliphatic heterocycles. The Morgan fingerprint density at radius 2 is 1.84 bits per heavy atom. The standard InChI is InChI=1S/C22H27N3O4S2/c1-14(2)24-31(28,29)19-7-5-6-17(11-19)22(27)25-13-30-12-20(25)21(26)23-18-9-8-15(3)16(4)10-18/h5-11,14,20,24H,12-13H2,1-4H3,(H,23,26). The van der Waals surface area contributed by atoms with Gasteiger partial charge in [0, 0.05) is 23.0 Å². The van der Waals surface area contributed by atoms with Gasteiger partial charge in [-0.2, -0.15) is 0 Å². The molecule has 1 saturated heterocycles. The fourth-order valence-electron chi connectivity index (χ4n) is 3.25. The van der Waals surface area contributed by atoms with Crippen molar-refractivity contribution in [1.82, 2.24) is 9.62 Å². The van der Waals surface area contributed by atoms with Gasteiger partial charge in [-0.15, -0.1) is 11.8 Å². The van der Waals surface area contributed by atoms with E-state index in [0.717, 1.165) is 11.1 Å². The van der Waals surface area contributed by atoms with Crippen LogP contribution in [0.25, 0.3) is 0 Å². The first kappa shape index (κ1) is 23.3. The Morgan fingerprint density at radius 3 is 2.52 bits per heavy atom. The monoisotopic (exact) mass is 461 g/mol. The molecule has 31 heavy (non-hydrogen) atoms. The summed E-state index contributed by atoms with van der Waals surface area (Å²) in [6.45, 7) is 7.43. The van der Waals surface area contributed by atoms with Gasteiger partial charge in [-0.25, -0.2) is 13.1 Å². The Balaban J connectivity index is 1.79. The maximum atomic E-state index is 13.1. The number of rotatable bonds is 6. The van der Waals surface area contributed by atoms with E-state index in [1.54, 1.807) is 19.9 Å². The summed E-state index contributed by atoms with van der Waals surface area (Å²) in [5.41, 5.74) is 3.12. The van der Waals surface area contributed by atoms with E-state index < -0.39 is 16.1 Å². The summed E-state index contributed by atoms with van der Waals surface area (Å²) < 4.78 is 27.4. The fourth-order valence-corrected chi connectivity index (χ4v) is 5.70. The number of hydrogen-bond donors (Lipinski definition) is 2. The topological polar surface area (TPSA) is 95.6 Å². The van der Waals surface area contributed by atoms with Crippen LogP contribution in [0.5, 0.6) is 0 Å². The molecule has 2 aromatic carbocycles. The lowest BCUT2D eigenvalue weighted by Gasteiger charge is -2.23. The van der Waals surface area contributed by atoms with Gasteiger partial charge in [0.2, 0.25) is 15.9 Å².